The lowest BCUT2D eigenvalue weighted by atomic mass is 10.1. The van der Waals surface area contributed by atoms with Crippen molar-refractivity contribution >= 4 is 17.7 Å². The third kappa shape index (κ3) is 5.17. The van der Waals surface area contributed by atoms with Gasteiger partial charge in [0.15, 0.2) is 0 Å². The van der Waals surface area contributed by atoms with Crippen LogP contribution in [-0.4, -0.2) is 21.9 Å². The second-order valence-electron chi connectivity index (χ2n) is 6.40. The van der Waals surface area contributed by atoms with Gasteiger partial charge in [0, 0.05) is 12.1 Å². The molecule has 2 aromatic carbocycles. The Hall–Kier alpha value is -2.67. The van der Waals surface area contributed by atoms with E-state index in [1.807, 2.05) is 26.0 Å². The molecule has 0 aliphatic carbocycles. The molecule has 5 nitrogen and oxygen atoms in total. The van der Waals surface area contributed by atoms with Crippen LogP contribution < -0.4 is 5.32 Å². The highest BCUT2D eigenvalue weighted by molar-refractivity contribution is 7.99. The van der Waals surface area contributed by atoms with E-state index in [2.05, 4.69) is 21.6 Å². The monoisotopic (exact) mass is 385 g/mol. The number of nitrogens with zero attached hydrogens (tertiary/aromatic N) is 2. The fraction of sp³-hybridized carbons (Fsp3) is 0.250. The summed E-state index contributed by atoms with van der Waals surface area (Å²) in [5, 5.41) is 11.2. The lowest BCUT2D eigenvalue weighted by Crippen LogP contribution is -2.24. The quantitative estimate of drug-likeness (QED) is 0.644. The average molecular weight is 385 g/mol. The molecule has 0 unspecified atom stereocenters. The summed E-state index contributed by atoms with van der Waals surface area (Å²) in [6.07, 6.45) is 0. The Morgan fingerprint density at radius 2 is 1.85 bits per heavy atom. The predicted octanol–water partition coefficient (Wildman–Crippen LogP) is 4.21. The first kappa shape index (κ1) is 19.1. The van der Waals surface area contributed by atoms with Crippen molar-refractivity contribution in [2.24, 2.45) is 0 Å². The van der Waals surface area contributed by atoms with Crippen LogP contribution in [0.3, 0.4) is 0 Å². The van der Waals surface area contributed by atoms with Gasteiger partial charge in [-0.1, -0.05) is 41.1 Å². The number of aromatic nitrogens is 2. The highest BCUT2D eigenvalue weighted by Gasteiger charge is 2.12. The number of halogens is 1. The molecule has 0 aliphatic rings. The van der Waals surface area contributed by atoms with Gasteiger partial charge in [-0.15, -0.1) is 10.2 Å². The largest absolute Gasteiger partial charge is 0.411 e. The number of nitrogens with one attached hydrogen (secondary N) is 1. The van der Waals surface area contributed by atoms with Crippen LogP contribution in [0, 0.1) is 26.6 Å². The lowest BCUT2D eigenvalue weighted by Gasteiger charge is -2.05. The van der Waals surface area contributed by atoms with Gasteiger partial charge in [-0.05, 0) is 50.1 Å². The van der Waals surface area contributed by atoms with Gasteiger partial charge >= 0.3 is 0 Å². The number of thioether (sulfide) groups is 1. The van der Waals surface area contributed by atoms with Crippen LogP contribution in [0.1, 0.15) is 22.3 Å². The van der Waals surface area contributed by atoms with E-state index in [9.17, 15) is 9.18 Å². The molecule has 0 atom stereocenters. The number of carbonyl (C=O) groups is 1. The van der Waals surface area contributed by atoms with E-state index in [-0.39, 0.29) is 17.5 Å². The maximum Gasteiger partial charge on any atom is 0.277 e. The topological polar surface area (TPSA) is 68.0 Å². The number of aryl methyl sites for hydroxylation is 3. The van der Waals surface area contributed by atoms with Gasteiger partial charge in [-0.2, -0.15) is 0 Å². The molecular formula is C20H20FN3O2S. The summed E-state index contributed by atoms with van der Waals surface area (Å²) in [6.45, 7) is 6.06. The minimum Gasteiger partial charge on any atom is -0.411 e. The number of carbonyl (C=O) groups excluding carboxylic acids is 1. The van der Waals surface area contributed by atoms with Crippen LogP contribution in [0.25, 0.3) is 11.5 Å². The van der Waals surface area contributed by atoms with Crippen molar-refractivity contribution in [3.05, 3.63) is 64.5 Å². The van der Waals surface area contributed by atoms with Gasteiger partial charge in [0.05, 0.1) is 5.75 Å². The molecule has 0 radical (unpaired) electrons. The Balaban J connectivity index is 1.53. The van der Waals surface area contributed by atoms with Gasteiger partial charge in [-0.25, -0.2) is 4.39 Å². The number of benzene rings is 2. The second kappa shape index (κ2) is 8.35. The Bertz CT molecular complexity index is 951. The first-order chi connectivity index (χ1) is 12.9. The molecule has 0 aliphatic heterocycles. The second-order valence-corrected chi connectivity index (χ2v) is 7.33. The molecule has 3 rings (SSSR count). The zero-order chi connectivity index (χ0) is 19.4. The summed E-state index contributed by atoms with van der Waals surface area (Å²) in [6, 6.07) is 10.8. The molecule has 7 heteroatoms. The molecule has 0 saturated carbocycles. The van der Waals surface area contributed by atoms with Crippen molar-refractivity contribution in [2.45, 2.75) is 32.5 Å². The third-order valence-corrected chi connectivity index (χ3v) is 4.73. The number of hydrogen-bond acceptors (Lipinski definition) is 5. The van der Waals surface area contributed by atoms with Gasteiger partial charge in [-0.3, -0.25) is 4.79 Å². The van der Waals surface area contributed by atoms with Crippen LogP contribution in [-0.2, 0) is 11.3 Å². The van der Waals surface area contributed by atoms with Crippen LogP contribution in [0.5, 0.6) is 0 Å². The van der Waals surface area contributed by atoms with Gasteiger partial charge in [0.2, 0.25) is 11.8 Å². The maximum absolute atomic E-state index is 13.3. The molecule has 1 heterocycles. The molecule has 27 heavy (non-hydrogen) atoms. The fourth-order valence-corrected chi connectivity index (χ4v) is 3.27. The third-order valence-electron chi connectivity index (χ3n) is 3.91. The molecule has 1 aromatic heterocycles. The fourth-order valence-electron chi connectivity index (χ4n) is 2.68. The zero-order valence-corrected chi connectivity index (χ0v) is 16.2. The summed E-state index contributed by atoms with van der Waals surface area (Å²) in [7, 11) is 0. The van der Waals surface area contributed by atoms with E-state index < -0.39 is 0 Å². The number of rotatable bonds is 6. The van der Waals surface area contributed by atoms with E-state index in [4.69, 9.17) is 4.42 Å². The standard InChI is InChI=1S/C20H20FN3O2S/c1-12-6-13(2)8-16(7-12)19-23-24-20(26-19)27-11-18(25)22-10-15-4-5-17(21)14(3)9-15/h4-9H,10-11H2,1-3H3,(H,22,25). The molecule has 0 saturated heterocycles. The smallest absolute Gasteiger partial charge is 0.277 e. The van der Waals surface area contributed by atoms with Crippen LogP contribution in [0.4, 0.5) is 4.39 Å². The van der Waals surface area contributed by atoms with Gasteiger partial charge in [0.1, 0.15) is 5.82 Å². The molecular weight excluding hydrogens is 365 g/mol. The summed E-state index contributed by atoms with van der Waals surface area (Å²) in [5.41, 5.74) is 4.51. The minimum atomic E-state index is -0.253. The van der Waals surface area contributed by atoms with Crippen LogP contribution in [0.2, 0.25) is 0 Å². The molecule has 0 bridgehead atoms. The van der Waals surface area contributed by atoms with E-state index in [0.29, 0.717) is 23.2 Å². The van der Waals surface area contributed by atoms with Crippen molar-refractivity contribution in [2.75, 3.05) is 5.75 Å². The molecule has 0 spiro atoms. The number of hydrogen-bond donors (Lipinski definition) is 1. The summed E-state index contributed by atoms with van der Waals surface area (Å²) in [4.78, 5) is 12.0. The average Bonchev–Trinajstić information content (AvgIpc) is 3.09. The molecule has 140 valence electrons. The van der Waals surface area contributed by atoms with E-state index in [0.717, 1.165) is 22.3 Å². The van der Waals surface area contributed by atoms with Gasteiger partial charge < -0.3 is 9.73 Å². The normalized spacial score (nSPS) is 10.8. The highest BCUT2D eigenvalue weighted by atomic mass is 32.2. The maximum atomic E-state index is 13.3. The Morgan fingerprint density at radius 1 is 1.11 bits per heavy atom. The Morgan fingerprint density at radius 3 is 2.56 bits per heavy atom. The minimum absolute atomic E-state index is 0.159. The molecule has 1 N–H and O–H groups in total. The van der Waals surface area contributed by atoms with Crippen molar-refractivity contribution in [3.63, 3.8) is 0 Å². The molecule has 3 aromatic rings. The van der Waals surface area contributed by atoms with Crippen LogP contribution >= 0.6 is 11.8 Å². The predicted molar refractivity (Wildman–Crippen MR) is 103 cm³/mol. The van der Waals surface area contributed by atoms with E-state index in [1.54, 1.807) is 19.1 Å². The number of amides is 1. The first-order valence-corrected chi connectivity index (χ1v) is 9.46. The lowest BCUT2D eigenvalue weighted by molar-refractivity contribution is -0.118. The van der Waals surface area contributed by atoms with E-state index in [1.165, 1.54) is 17.8 Å². The highest BCUT2D eigenvalue weighted by Crippen LogP contribution is 2.24. The van der Waals surface area contributed by atoms with E-state index >= 15 is 0 Å². The summed E-state index contributed by atoms with van der Waals surface area (Å²) < 4.78 is 18.9. The molecule has 1 amide bonds. The van der Waals surface area contributed by atoms with Crippen molar-refractivity contribution in [3.8, 4) is 11.5 Å². The van der Waals surface area contributed by atoms with Crippen molar-refractivity contribution in [1.29, 1.82) is 0 Å². The zero-order valence-electron chi connectivity index (χ0n) is 15.4. The molecule has 0 fully saturated rings. The summed E-state index contributed by atoms with van der Waals surface area (Å²) in [5.74, 6) is 0.186. The van der Waals surface area contributed by atoms with Crippen molar-refractivity contribution in [1.82, 2.24) is 15.5 Å². The summed E-state index contributed by atoms with van der Waals surface area (Å²) >= 11 is 1.18. The first-order valence-electron chi connectivity index (χ1n) is 8.47. The van der Waals surface area contributed by atoms with Gasteiger partial charge in [0.25, 0.3) is 5.22 Å². The van der Waals surface area contributed by atoms with Crippen LogP contribution in [0.15, 0.2) is 46.0 Å². The SMILES string of the molecule is Cc1cc(C)cc(-c2nnc(SCC(=O)NCc3ccc(F)c(C)c3)o2)c1. The Kier molecular flexibility index (Phi) is 5.91. The van der Waals surface area contributed by atoms with Crippen molar-refractivity contribution < 1.29 is 13.6 Å². The Labute approximate surface area is 161 Å².